The maximum Gasteiger partial charge on any atom is 0.225 e. The molecule has 22 heavy (non-hydrogen) atoms. The fraction of sp³-hybridized carbons (Fsp3) is 0.706. The van der Waals surface area contributed by atoms with Crippen LogP contribution in [-0.2, 0) is 4.79 Å². The number of hydrogen-bond acceptors (Lipinski definition) is 4. The lowest BCUT2D eigenvalue weighted by atomic mass is 9.96. The van der Waals surface area contributed by atoms with Crippen LogP contribution in [0.2, 0.25) is 0 Å². The summed E-state index contributed by atoms with van der Waals surface area (Å²) >= 11 is 0. The summed E-state index contributed by atoms with van der Waals surface area (Å²) in [6, 6.07) is 2.01. The molecule has 1 aliphatic heterocycles. The molecule has 2 fully saturated rings. The number of nitrogens with zero attached hydrogens (tertiary/aromatic N) is 4. The summed E-state index contributed by atoms with van der Waals surface area (Å²) in [7, 11) is 1.96. The Labute approximate surface area is 132 Å². The Hall–Kier alpha value is -1.65. The zero-order valence-electron chi connectivity index (χ0n) is 13.9. The minimum atomic E-state index is 0.328. The number of rotatable bonds is 4. The summed E-state index contributed by atoms with van der Waals surface area (Å²) in [6.07, 6.45) is 4.40. The van der Waals surface area contributed by atoms with Crippen molar-refractivity contribution >= 4 is 11.9 Å². The summed E-state index contributed by atoms with van der Waals surface area (Å²) in [4.78, 5) is 25.4. The molecular formula is C17H26N4O. The summed E-state index contributed by atoms with van der Waals surface area (Å²) in [5, 5.41) is 0. The average Bonchev–Trinajstić information content (AvgIpc) is 3.30. The molecular weight excluding hydrogens is 276 g/mol. The molecule has 120 valence electrons. The van der Waals surface area contributed by atoms with Gasteiger partial charge in [0, 0.05) is 44.0 Å². The highest BCUT2D eigenvalue weighted by molar-refractivity contribution is 5.80. The molecule has 1 saturated heterocycles. The van der Waals surface area contributed by atoms with Gasteiger partial charge in [0.25, 0.3) is 0 Å². The molecule has 5 nitrogen and oxygen atoms in total. The number of piperidine rings is 1. The van der Waals surface area contributed by atoms with Crippen molar-refractivity contribution in [2.24, 2.45) is 11.8 Å². The zero-order chi connectivity index (χ0) is 15.7. The fourth-order valence-electron chi connectivity index (χ4n) is 3.28. The molecule has 3 rings (SSSR count). The van der Waals surface area contributed by atoms with Crippen LogP contribution in [0.3, 0.4) is 0 Å². The molecule has 0 spiro atoms. The molecule has 1 aliphatic carbocycles. The number of aryl methyl sites for hydroxylation is 2. The second-order valence-corrected chi connectivity index (χ2v) is 6.87. The second kappa shape index (κ2) is 6.23. The number of carbonyl (C=O) groups is 1. The van der Waals surface area contributed by atoms with E-state index in [1.54, 1.807) is 0 Å². The van der Waals surface area contributed by atoms with Gasteiger partial charge in [-0.1, -0.05) is 0 Å². The Morgan fingerprint density at radius 1 is 1.18 bits per heavy atom. The molecule has 2 heterocycles. The SMILES string of the molecule is Cc1cc(C)nc(N2CCC(CN(C)C(=O)C3CC3)CC2)n1. The number of anilines is 1. The van der Waals surface area contributed by atoms with E-state index in [2.05, 4.69) is 14.9 Å². The Balaban J connectivity index is 1.52. The quantitative estimate of drug-likeness (QED) is 0.855. The first-order valence-electron chi connectivity index (χ1n) is 8.35. The molecule has 0 bridgehead atoms. The van der Waals surface area contributed by atoms with Gasteiger partial charge in [0.05, 0.1) is 0 Å². The molecule has 0 unspecified atom stereocenters. The van der Waals surface area contributed by atoms with E-state index in [4.69, 9.17) is 0 Å². The van der Waals surface area contributed by atoms with Crippen molar-refractivity contribution in [2.45, 2.75) is 39.5 Å². The summed E-state index contributed by atoms with van der Waals surface area (Å²) in [6.45, 7) is 6.90. The highest BCUT2D eigenvalue weighted by Gasteiger charge is 2.33. The van der Waals surface area contributed by atoms with Crippen molar-refractivity contribution < 1.29 is 4.79 Å². The summed E-state index contributed by atoms with van der Waals surface area (Å²) in [5.74, 6) is 2.14. The lowest BCUT2D eigenvalue weighted by molar-refractivity contribution is -0.131. The van der Waals surface area contributed by atoms with Gasteiger partial charge in [-0.05, 0) is 51.5 Å². The molecule has 1 aromatic rings. The summed E-state index contributed by atoms with van der Waals surface area (Å²) in [5.41, 5.74) is 2.05. The number of amides is 1. The maximum absolute atomic E-state index is 12.0. The first kappa shape index (κ1) is 15.3. The van der Waals surface area contributed by atoms with E-state index in [1.807, 2.05) is 31.9 Å². The smallest absolute Gasteiger partial charge is 0.225 e. The van der Waals surface area contributed by atoms with Gasteiger partial charge in [0.15, 0.2) is 0 Å². The van der Waals surface area contributed by atoms with Crippen LogP contribution < -0.4 is 4.90 Å². The standard InChI is InChI=1S/C17H26N4O/c1-12-10-13(2)19-17(18-12)21-8-6-14(7-9-21)11-20(3)16(22)15-4-5-15/h10,14-15H,4-9,11H2,1-3H3. The highest BCUT2D eigenvalue weighted by Crippen LogP contribution is 2.31. The fourth-order valence-corrected chi connectivity index (χ4v) is 3.28. The van der Waals surface area contributed by atoms with Crippen molar-refractivity contribution in [1.29, 1.82) is 0 Å². The van der Waals surface area contributed by atoms with Gasteiger partial charge >= 0.3 is 0 Å². The number of hydrogen-bond donors (Lipinski definition) is 0. The molecule has 1 saturated carbocycles. The van der Waals surface area contributed by atoms with E-state index in [9.17, 15) is 4.79 Å². The lowest BCUT2D eigenvalue weighted by Gasteiger charge is -2.34. The van der Waals surface area contributed by atoms with Crippen molar-refractivity contribution in [1.82, 2.24) is 14.9 Å². The molecule has 5 heteroatoms. The van der Waals surface area contributed by atoms with Crippen LogP contribution in [0.15, 0.2) is 6.07 Å². The van der Waals surface area contributed by atoms with E-state index < -0.39 is 0 Å². The largest absolute Gasteiger partial charge is 0.345 e. The van der Waals surface area contributed by atoms with E-state index in [0.717, 1.165) is 62.7 Å². The van der Waals surface area contributed by atoms with Crippen LogP contribution in [0.5, 0.6) is 0 Å². The normalized spacial score (nSPS) is 19.3. The third-order valence-corrected chi connectivity index (χ3v) is 4.70. The second-order valence-electron chi connectivity index (χ2n) is 6.87. The maximum atomic E-state index is 12.0. The van der Waals surface area contributed by atoms with Gasteiger partial charge < -0.3 is 9.80 Å². The topological polar surface area (TPSA) is 49.3 Å². The molecule has 0 radical (unpaired) electrons. The predicted octanol–water partition coefficient (Wildman–Crippen LogP) is 2.18. The Bertz CT molecular complexity index is 527. The summed E-state index contributed by atoms with van der Waals surface area (Å²) < 4.78 is 0. The molecule has 0 atom stereocenters. The molecule has 1 aromatic heterocycles. The van der Waals surface area contributed by atoms with Gasteiger partial charge in [-0.2, -0.15) is 0 Å². The number of carbonyl (C=O) groups excluding carboxylic acids is 1. The Morgan fingerprint density at radius 3 is 2.32 bits per heavy atom. The van der Waals surface area contributed by atoms with Gasteiger partial charge in [-0.15, -0.1) is 0 Å². The van der Waals surface area contributed by atoms with Crippen LogP contribution in [0.4, 0.5) is 5.95 Å². The van der Waals surface area contributed by atoms with Crippen LogP contribution >= 0.6 is 0 Å². The minimum absolute atomic E-state index is 0.328. The van der Waals surface area contributed by atoms with Crippen molar-refractivity contribution in [3.63, 3.8) is 0 Å². The van der Waals surface area contributed by atoms with Crippen LogP contribution in [0.25, 0.3) is 0 Å². The van der Waals surface area contributed by atoms with Crippen molar-refractivity contribution in [2.75, 3.05) is 31.6 Å². The van der Waals surface area contributed by atoms with E-state index in [1.165, 1.54) is 0 Å². The number of aromatic nitrogens is 2. The van der Waals surface area contributed by atoms with Gasteiger partial charge in [-0.25, -0.2) is 9.97 Å². The predicted molar refractivity (Wildman–Crippen MR) is 86.8 cm³/mol. The van der Waals surface area contributed by atoms with Gasteiger partial charge in [0.2, 0.25) is 11.9 Å². The van der Waals surface area contributed by atoms with E-state index in [0.29, 0.717) is 17.7 Å². The van der Waals surface area contributed by atoms with Crippen molar-refractivity contribution in [3.05, 3.63) is 17.5 Å². The zero-order valence-corrected chi connectivity index (χ0v) is 13.9. The van der Waals surface area contributed by atoms with Crippen LogP contribution in [0.1, 0.15) is 37.1 Å². The molecule has 0 aromatic carbocycles. The monoisotopic (exact) mass is 302 g/mol. The van der Waals surface area contributed by atoms with Gasteiger partial charge in [0.1, 0.15) is 0 Å². The van der Waals surface area contributed by atoms with E-state index >= 15 is 0 Å². The van der Waals surface area contributed by atoms with Crippen LogP contribution in [-0.4, -0.2) is 47.5 Å². The average molecular weight is 302 g/mol. The minimum Gasteiger partial charge on any atom is -0.345 e. The van der Waals surface area contributed by atoms with E-state index in [-0.39, 0.29) is 0 Å². The molecule has 1 amide bonds. The van der Waals surface area contributed by atoms with Crippen LogP contribution in [0, 0.1) is 25.7 Å². The Morgan fingerprint density at radius 2 is 1.77 bits per heavy atom. The Kier molecular flexibility index (Phi) is 4.32. The first-order valence-corrected chi connectivity index (χ1v) is 8.35. The van der Waals surface area contributed by atoms with Crippen molar-refractivity contribution in [3.8, 4) is 0 Å². The van der Waals surface area contributed by atoms with Gasteiger partial charge in [-0.3, -0.25) is 4.79 Å². The first-order chi connectivity index (χ1) is 10.5. The lowest BCUT2D eigenvalue weighted by Crippen LogP contribution is -2.40. The third kappa shape index (κ3) is 3.57. The molecule has 0 N–H and O–H groups in total. The highest BCUT2D eigenvalue weighted by atomic mass is 16.2. The third-order valence-electron chi connectivity index (χ3n) is 4.70. The molecule has 2 aliphatic rings.